The van der Waals surface area contributed by atoms with E-state index in [9.17, 15) is 4.79 Å². The van der Waals surface area contributed by atoms with Crippen molar-refractivity contribution in [3.63, 3.8) is 0 Å². The number of fused-ring (bicyclic) bond motifs is 1. The molecule has 3 aromatic rings. The summed E-state index contributed by atoms with van der Waals surface area (Å²) in [7, 11) is 1.64. The number of aliphatic imine (C=N–C) groups is 1. The number of anilines is 1. The summed E-state index contributed by atoms with van der Waals surface area (Å²) in [6, 6.07) is 20.0. The van der Waals surface area contributed by atoms with Crippen LogP contribution in [-0.2, 0) is 6.42 Å². The normalized spacial score (nSPS) is 18.3. The van der Waals surface area contributed by atoms with Crippen LogP contribution in [0.1, 0.15) is 35.8 Å². The van der Waals surface area contributed by atoms with Crippen molar-refractivity contribution in [2.24, 2.45) is 10.9 Å². The van der Waals surface area contributed by atoms with Crippen molar-refractivity contribution in [3.05, 3.63) is 87.8 Å². The molecule has 1 saturated heterocycles. The number of ether oxygens (including phenoxy) is 1. The highest BCUT2D eigenvalue weighted by Crippen LogP contribution is 2.33. The van der Waals surface area contributed by atoms with E-state index >= 15 is 0 Å². The van der Waals surface area contributed by atoms with Gasteiger partial charge in [-0.05, 0) is 43.7 Å². The third-order valence-corrected chi connectivity index (χ3v) is 6.49. The molecule has 0 bridgehead atoms. The topological polar surface area (TPSA) is 71.8 Å². The lowest BCUT2D eigenvalue weighted by molar-refractivity contribution is 0.262. The van der Waals surface area contributed by atoms with Gasteiger partial charge in [0.25, 0.3) is 5.56 Å². The van der Waals surface area contributed by atoms with Gasteiger partial charge in [0.05, 0.1) is 7.11 Å². The largest absolute Gasteiger partial charge is 0.496 e. The highest BCUT2D eigenvalue weighted by Gasteiger charge is 2.30. The Labute approximate surface area is 193 Å². The number of piperidine rings is 1. The van der Waals surface area contributed by atoms with Crippen molar-refractivity contribution in [2.45, 2.75) is 32.4 Å². The van der Waals surface area contributed by atoms with E-state index in [-0.39, 0.29) is 5.56 Å². The summed E-state index contributed by atoms with van der Waals surface area (Å²) in [6.07, 6.45) is 2.78. The van der Waals surface area contributed by atoms with Gasteiger partial charge in [-0.15, -0.1) is 0 Å². The average Bonchev–Trinajstić information content (AvgIpc) is 2.84. The minimum Gasteiger partial charge on any atom is -0.496 e. The smallest absolute Gasteiger partial charge is 0.257 e. The molecule has 0 saturated carbocycles. The molecule has 1 fully saturated rings. The summed E-state index contributed by atoms with van der Waals surface area (Å²) >= 11 is 0. The minimum atomic E-state index is -0.532. The fraction of sp³-hybridized carbons (Fsp3) is 0.346. The lowest BCUT2D eigenvalue weighted by atomic mass is 9.90. The molecule has 0 amide bonds. The number of nitrogens with zero attached hydrogens (tertiary/aromatic N) is 4. The van der Waals surface area contributed by atoms with Gasteiger partial charge in [0.15, 0.2) is 6.17 Å². The number of rotatable bonds is 4. The summed E-state index contributed by atoms with van der Waals surface area (Å²) in [6.45, 7) is 3.67. The lowest BCUT2D eigenvalue weighted by Crippen LogP contribution is -2.46. The second-order valence-corrected chi connectivity index (χ2v) is 8.74. The summed E-state index contributed by atoms with van der Waals surface area (Å²) in [5.74, 6) is 2.65. The number of likely N-dealkylation sites (tertiary alicyclic amines) is 1. The van der Waals surface area contributed by atoms with Crippen LogP contribution in [0.2, 0.25) is 0 Å². The molecule has 2 aliphatic rings. The molecule has 170 valence electrons. The molecule has 1 atom stereocenters. The quantitative estimate of drug-likeness (QED) is 0.663. The van der Waals surface area contributed by atoms with Crippen LogP contribution in [0.4, 0.5) is 5.95 Å². The summed E-state index contributed by atoms with van der Waals surface area (Å²) < 4.78 is 7.20. The molecule has 3 heterocycles. The fourth-order valence-electron chi connectivity index (χ4n) is 4.78. The molecule has 5 rings (SSSR count). The number of nitrogens with one attached hydrogen (secondary N) is 1. The Kier molecular flexibility index (Phi) is 5.86. The Balaban J connectivity index is 1.42. The summed E-state index contributed by atoms with van der Waals surface area (Å²) in [5, 5.41) is 3.34. The zero-order valence-electron chi connectivity index (χ0n) is 19.1. The van der Waals surface area contributed by atoms with E-state index in [0.717, 1.165) is 43.9 Å². The first-order valence-electron chi connectivity index (χ1n) is 11.5. The minimum absolute atomic E-state index is 0.134. The number of methoxy groups -OCH3 is 1. The standard InChI is InChI=1S/C26H29N5O2/c1-18-16-23(32)31-24(21-10-6-7-11-22(21)33-2)28-25(29-26(31)27-18)30-14-12-20(13-15-30)17-19-8-4-3-5-9-19/h3-11,16,20,24H,12-15,17H2,1-2H3,(H,27,28,29)/t24-/m0/s1. The predicted octanol–water partition coefficient (Wildman–Crippen LogP) is 3.84. The number of para-hydroxylation sites is 1. The van der Waals surface area contributed by atoms with Crippen molar-refractivity contribution in [1.82, 2.24) is 14.5 Å². The van der Waals surface area contributed by atoms with Crippen molar-refractivity contribution in [1.29, 1.82) is 0 Å². The lowest BCUT2D eigenvalue weighted by Gasteiger charge is -2.37. The van der Waals surface area contributed by atoms with E-state index in [1.807, 2.05) is 31.2 Å². The van der Waals surface area contributed by atoms with Gasteiger partial charge in [-0.2, -0.15) is 0 Å². The highest BCUT2D eigenvalue weighted by atomic mass is 16.5. The van der Waals surface area contributed by atoms with E-state index in [4.69, 9.17) is 9.73 Å². The maximum absolute atomic E-state index is 12.9. The van der Waals surface area contributed by atoms with Crippen LogP contribution in [0.3, 0.4) is 0 Å². The fourth-order valence-corrected chi connectivity index (χ4v) is 4.78. The molecular formula is C26H29N5O2. The van der Waals surface area contributed by atoms with Gasteiger partial charge in [-0.3, -0.25) is 14.7 Å². The van der Waals surface area contributed by atoms with Crippen LogP contribution < -0.4 is 15.6 Å². The first-order valence-corrected chi connectivity index (χ1v) is 11.5. The monoisotopic (exact) mass is 443 g/mol. The van der Waals surface area contributed by atoms with Crippen LogP contribution in [-0.4, -0.2) is 40.6 Å². The Morgan fingerprint density at radius 2 is 1.79 bits per heavy atom. The Bertz CT molecular complexity index is 1210. The molecule has 0 unspecified atom stereocenters. The van der Waals surface area contributed by atoms with E-state index in [1.165, 1.54) is 5.56 Å². The first-order chi connectivity index (χ1) is 16.1. The Morgan fingerprint density at radius 1 is 1.06 bits per heavy atom. The molecule has 7 heteroatoms. The maximum Gasteiger partial charge on any atom is 0.257 e. The van der Waals surface area contributed by atoms with Gasteiger partial charge in [0, 0.05) is 30.4 Å². The van der Waals surface area contributed by atoms with Crippen LogP contribution in [0, 0.1) is 12.8 Å². The number of hydrogen-bond acceptors (Lipinski definition) is 6. The zero-order valence-corrected chi connectivity index (χ0v) is 19.1. The average molecular weight is 444 g/mol. The van der Waals surface area contributed by atoms with Crippen LogP contribution in [0.5, 0.6) is 5.75 Å². The number of aromatic nitrogens is 2. The number of hydrogen-bond donors (Lipinski definition) is 1. The number of aryl methyl sites for hydroxylation is 1. The van der Waals surface area contributed by atoms with E-state index < -0.39 is 6.17 Å². The highest BCUT2D eigenvalue weighted by molar-refractivity contribution is 5.93. The second-order valence-electron chi connectivity index (χ2n) is 8.74. The maximum atomic E-state index is 12.9. The molecule has 1 aromatic heterocycles. The molecule has 7 nitrogen and oxygen atoms in total. The first kappa shape index (κ1) is 21.2. The molecule has 2 aliphatic heterocycles. The third-order valence-electron chi connectivity index (χ3n) is 6.49. The van der Waals surface area contributed by atoms with Gasteiger partial charge >= 0.3 is 0 Å². The van der Waals surface area contributed by atoms with Crippen LogP contribution in [0.15, 0.2) is 70.5 Å². The Morgan fingerprint density at radius 3 is 2.55 bits per heavy atom. The zero-order chi connectivity index (χ0) is 22.8. The molecule has 33 heavy (non-hydrogen) atoms. The predicted molar refractivity (Wildman–Crippen MR) is 130 cm³/mol. The number of guanidine groups is 1. The van der Waals surface area contributed by atoms with Gasteiger partial charge in [-0.1, -0.05) is 48.5 Å². The van der Waals surface area contributed by atoms with Gasteiger partial charge in [-0.25, -0.2) is 9.98 Å². The van der Waals surface area contributed by atoms with Gasteiger partial charge in [0.2, 0.25) is 11.9 Å². The van der Waals surface area contributed by atoms with Crippen LogP contribution in [0.25, 0.3) is 0 Å². The molecule has 2 aromatic carbocycles. The SMILES string of the molecule is COc1ccccc1[C@H]1N=C(N2CCC(Cc3ccccc3)CC2)Nc2nc(C)cc(=O)n21. The molecule has 0 spiro atoms. The van der Waals surface area contributed by atoms with Gasteiger partial charge < -0.3 is 9.64 Å². The second kappa shape index (κ2) is 9.10. The number of benzene rings is 2. The molecular weight excluding hydrogens is 414 g/mol. The van der Waals surface area contributed by atoms with Crippen molar-refractivity contribution in [3.8, 4) is 5.75 Å². The Hall–Kier alpha value is -3.61. The van der Waals surface area contributed by atoms with Crippen molar-refractivity contribution >= 4 is 11.9 Å². The van der Waals surface area contributed by atoms with E-state index in [0.29, 0.717) is 23.3 Å². The summed E-state index contributed by atoms with van der Waals surface area (Å²) in [4.78, 5) is 24.8. The molecule has 0 radical (unpaired) electrons. The molecule has 0 aliphatic carbocycles. The van der Waals surface area contributed by atoms with Crippen molar-refractivity contribution in [2.75, 3.05) is 25.5 Å². The van der Waals surface area contributed by atoms with E-state index in [1.54, 1.807) is 17.7 Å². The van der Waals surface area contributed by atoms with Gasteiger partial charge in [0.1, 0.15) is 5.75 Å². The molecule has 1 N–H and O–H groups in total. The third kappa shape index (κ3) is 4.35. The van der Waals surface area contributed by atoms with E-state index in [2.05, 4.69) is 45.5 Å². The van der Waals surface area contributed by atoms with Crippen LogP contribution >= 0.6 is 0 Å². The summed E-state index contributed by atoms with van der Waals surface area (Å²) in [5.41, 5.74) is 2.78. The van der Waals surface area contributed by atoms with Crippen molar-refractivity contribution < 1.29 is 4.74 Å².